The number of rotatable bonds is 6. The summed E-state index contributed by atoms with van der Waals surface area (Å²) in [5.41, 5.74) is 4.21. The van der Waals surface area contributed by atoms with Gasteiger partial charge in [-0.1, -0.05) is 12.1 Å². The van der Waals surface area contributed by atoms with Crippen LogP contribution in [-0.2, 0) is 27.4 Å². The Morgan fingerprint density at radius 2 is 2.07 bits per heavy atom. The van der Waals surface area contributed by atoms with Crippen LogP contribution in [0.5, 0.6) is 0 Å². The van der Waals surface area contributed by atoms with Crippen molar-refractivity contribution in [2.75, 3.05) is 40.0 Å². The second kappa shape index (κ2) is 8.26. The van der Waals surface area contributed by atoms with E-state index >= 15 is 0 Å². The molecule has 0 bridgehead atoms. The van der Waals surface area contributed by atoms with Crippen molar-refractivity contribution in [1.82, 2.24) is 14.9 Å². The summed E-state index contributed by atoms with van der Waals surface area (Å²) < 4.78 is 16.1. The van der Waals surface area contributed by atoms with Gasteiger partial charge in [0.05, 0.1) is 38.1 Å². The second-order valence-electron chi connectivity index (χ2n) is 6.88. The first-order valence-electron chi connectivity index (χ1n) is 9.60. The predicted molar refractivity (Wildman–Crippen MR) is 106 cm³/mol. The third-order valence-electron chi connectivity index (χ3n) is 5.10. The molecule has 0 radical (unpaired) electrons. The zero-order chi connectivity index (χ0) is 19.5. The summed E-state index contributed by atoms with van der Waals surface area (Å²) in [7, 11) is 1.62. The quantitative estimate of drug-likeness (QED) is 0.660. The average Bonchev–Trinajstić information content (AvgIpc) is 3.09. The van der Waals surface area contributed by atoms with Gasteiger partial charge in [0, 0.05) is 48.6 Å². The molecule has 0 amide bonds. The number of hydrogen-bond donors (Lipinski definition) is 1. The number of aromatic nitrogens is 2. The number of nitrogens with zero attached hydrogens (tertiary/aromatic N) is 2. The number of pyridine rings is 1. The van der Waals surface area contributed by atoms with Crippen molar-refractivity contribution >= 4 is 27.8 Å². The number of esters is 1. The number of fused-ring (bicyclic) bond motifs is 3. The first kappa shape index (κ1) is 18.9. The van der Waals surface area contributed by atoms with Crippen LogP contribution in [0.4, 0.5) is 0 Å². The van der Waals surface area contributed by atoms with Gasteiger partial charge in [-0.25, -0.2) is 9.78 Å². The van der Waals surface area contributed by atoms with Crippen molar-refractivity contribution in [1.29, 1.82) is 0 Å². The number of benzene rings is 1. The van der Waals surface area contributed by atoms with Gasteiger partial charge >= 0.3 is 5.97 Å². The van der Waals surface area contributed by atoms with Crippen LogP contribution in [0, 0.1) is 0 Å². The van der Waals surface area contributed by atoms with Crippen molar-refractivity contribution in [3.05, 3.63) is 41.2 Å². The molecule has 1 N–H and O–H groups in total. The Hall–Kier alpha value is -2.48. The average molecular weight is 383 g/mol. The SMILES string of the molecule is CCOC(=O)c1ncc2[nH]c3cccc(CN4CCOCC4)c3c2c1COC. The highest BCUT2D eigenvalue weighted by atomic mass is 16.5. The van der Waals surface area contributed by atoms with E-state index in [9.17, 15) is 4.79 Å². The largest absolute Gasteiger partial charge is 0.461 e. The molecule has 1 fully saturated rings. The van der Waals surface area contributed by atoms with Crippen LogP contribution >= 0.6 is 0 Å². The number of aromatic amines is 1. The molecular weight excluding hydrogens is 358 g/mol. The maximum absolute atomic E-state index is 12.5. The van der Waals surface area contributed by atoms with Crippen molar-refractivity contribution < 1.29 is 19.0 Å². The van der Waals surface area contributed by atoms with E-state index < -0.39 is 5.97 Å². The first-order chi connectivity index (χ1) is 13.7. The molecule has 7 heteroatoms. The van der Waals surface area contributed by atoms with Gasteiger partial charge in [-0.2, -0.15) is 0 Å². The Labute approximate surface area is 163 Å². The summed E-state index contributed by atoms with van der Waals surface area (Å²) in [6.45, 7) is 6.57. The Bertz CT molecular complexity index is 992. The number of H-pyrrole nitrogens is 1. The van der Waals surface area contributed by atoms with Gasteiger partial charge in [0.15, 0.2) is 5.69 Å². The van der Waals surface area contributed by atoms with Crippen LogP contribution in [0.2, 0.25) is 0 Å². The van der Waals surface area contributed by atoms with E-state index in [4.69, 9.17) is 14.2 Å². The molecule has 0 saturated carbocycles. The maximum Gasteiger partial charge on any atom is 0.357 e. The fourth-order valence-corrected chi connectivity index (χ4v) is 3.87. The topological polar surface area (TPSA) is 76.7 Å². The van der Waals surface area contributed by atoms with Crippen LogP contribution in [0.1, 0.15) is 28.5 Å². The number of carbonyl (C=O) groups excluding carboxylic acids is 1. The van der Waals surface area contributed by atoms with Gasteiger partial charge in [-0.3, -0.25) is 4.90 Å². The summed E-state index contributed by atoms with van der Waals surface area (Å²) in [6.07, 6.45) is 1.71. The summed E-state index contributed by atoms with van der Waals surface area (Å²) in [4.78, 5) is 22.7. The standard InChI is InChI=1S/C21H25N3O4/c1-3-28-21(25)20-15(13-26-2)19-17(11-22-20)23-16-6-4-5-14(18(16)19)12-24-7-9-27-10-8-24/h4-6,11,23H,3,7-10,12-13H2,1-2H3. The number of hydrogen-bond acceptors (Lipinski definition) is 6. The fourth-order valence-electron chi connectivity index (χ4n) is 3.87. The molecule has 0 aliphatic carbocycles. The lowest BCUT2D eigenvalue weighted by molar-refractivity contribution is 0.0344. The molecule has 0 spiro atoms. The number of carbonyl (C=O) groups is 1. The molecule has 0 unspecified atom stereocenters. The number of morpholine rings is 1. The molecule has 4 rings (SSSR count). The third-order valence-corrected chi connectivity index (χ3v) is 5.10. The molecule has 3 aromatic rings. The van der Waals surface area contributed by atoms with Crippen LogP contribution in [0.25, 0.3) is 21.8 Å². The van der Waals surface area contributed by atoms with Crippen molar-refractivity contribution in [2.45, 2.75) is 20.1 Å². The van der Waals surface area contributed by atoms with Crippen LogP contribution in [0.15, 0.2) is 24.4 Å². The molecule has 3 heterocycles. The van der Waals surface area contributed by atoms with Crippen LogP contribution in [-0.4, -0.2) is 60.9 Å². The Balaban J connectivity index is 1.89. The highest BCUT2D eigenvalue weighted by molar-refractivity contribution is 6.12. The Kier molecular flexibility index (Phi) is 5.57. The normalized spacial score (nSPS) is 15.4. The van der Waals surface area contributed by atoms with E-state index in [1.54, 1.807) is 20.2 Å². The number of methoxy groups -OCH3 is 1. The smallest absolute Gasteiger partial charge is 0.357 e. The molecule has 7 nitrogen and oxygen atoms in total. The Morgan fingerprint density at radius 3 is 2.82 bits per heavy atom. The minimum absolute atomic E-state index is 0.289. The lowest BCUT2D eigenvalue weighted by atomic mass is 10.0. The van der Waals surface area contributed by atoms with E-state index in [0.717, 1.165) is 60.2 Å². The minimum Gasteiger partial charge on any atom is -0.461 e. The fraction of sp³-hybridized carbons (Fsp3) is 0.429. The van der Waals surface area contributed by atoms with Gasteiger partial charge in [0.25, 0.3) is 0 Å². The maximum atomic E-state index is 12.5. The first-order valence-corrected chi connectivity index (χ1v) is 9.60. The van der Waals surface area contributed by atoms with Crippen molar-refractivity contribution in [3.8, 4) is 0 Å². The summed E-state index contributed by atoms with van der Waals surface area (Å²) >= 11 is 0. The molecule has 1 saturated heterocycles. The highest BCUT2D eigenvalue weighted by Gasteiger charge is 2.22. The van der Waals surface area contributed by atoms with E-state index in [2.05, 4.69) is 33.1 Å². The molecule has 1 aliphatic heterocycles. The lowest BCUT2D eigenvalue weighted by Gasteiger charge is -2.27. The summed E-state index contributed by atoms with van der Waals surface area (Å²) in [5.74, 6) is -0.420. The molecule has 28 heavy (non-hydrogen) atoms. The molecule has 148 valence electrons. The zero-order valence-electron chi connectivity index (χ0n) is 16.3. The van der Waals surface area contributed by atoms with Gasteiger partial charge in [-0.05, 0) is 18.6 Å². The van der Waals surface area contributed by atoms with E-state index in [1.807, 2.05) is 0 Å². The monoisotopic (exact) mass is 383 g/mol. The second-order valence-corrected chi connectivity index (χ2v) is 6.88. The van der Waals surface area contributed by atoms with Crippen molar-refractivity contribution in [2.24, 2.45) is 0 Å². The summed E-state index contributed by atoms with van der Waals surface area (Å²) in [6, 6.07) is 6.26. The van der Waals surface area contributed by atoms with Gasteiger partial charge in [0.2, 0.25) is 0 Å². The van der Waals surface area contributed by atoms with E-state index in [1.165, 1.54) is 5.56 Å². The Morgan fingerprint density at radius 1 is 1.25 bits per heavy atom. The molecule has 1 aromatic carbocycles. The van der Waals surface area contributed by atoms with Gasteiger partial charge in [-0.15, -0.1) is 0 Å². The lowest BCUT2D eigenvalue weighted by Crippen LogP contribution is -2.35. The van der Waals surface area contributed by atoms with Gasteiger partial charge in [0.1, 0.15) is 0 Å². The highest BCUT2D eigenvalue weighted by Crippen LogP contribution is 2.33. The minimum atomic E-state index is -0.420. The number of ether oxygens (including phenoxy) is 3. The molecule has 2 aromatic heterocycles. The van der Waals surface area contributed by atoms with E-state index in [-0.39, 0.29) is 6.61 Å². The van der Waals surface area contributed by atoms with Crippen LogP contribution in [0.3, 0.4) is 0 Å². The number of nitrogens with one attached hydrogen (secondary N) is 1. The molecule has 1 aliphatic rings. The summed E-state index contributed by atoms with van der Waals surface area (Å²) in [5, 5.41) is 2.10. The van der Waals surface area contributed by atoms with E-state index in [0.29, 0.717) is 12.3 Å². The molecular formula is C21H25N3O4. The molecule has 0 atom stereocenters. The zero-order valence-corrected chi connectivity index (χ0v) is 16.3. The third kappa shape index (κ3) is 3.48. The predicted octanol–water partition coefficient (Wildman–Crippen LogP) is 2.87. The van der Waals surface area contributed by atoms with Gasteiger partial charge < -0.3 is 19.2 Å². The van der Waals surface area contributed by atoms with Crippen LogP contribution < -0.4 is 0 Å². The van der Waals surface area contributed by atoms with Crippen molar-refractivity contribution in [3.63, 3.8) is 0 Å².